The summed E-state index contributed by atoms with van der Waals surface area (Å²) in [7, 11) is -1.79. The van der Waals surface area contributed by atoms with E-state index < -0.39 is 25.0 Å². The second-order valence-electron chi connectivity index (χ2n) is 5.23. The molecular formula is C13H19BClF2N5O3. The minimum Gasteiger partial charge on any atom is -0.402 e. The van der Waals surface area contributed by atoms with E-state index in [1.165, 1.54) is 4.68 Å². The van der Waals surface area contributed by atoms with Crippen molar-refractivity contribution in [3.8, 4) is 0 Å². The number of aromatic nitrogens is 4. The SMILES string of the molecule is Cl.NC(CCCCOB(O)O)c1nnnn1Cc1cc(F)ccc1F. The number of unbranched alkanes of at least 4 members (excludes halogenated alkanes) is 1. The molecule has 0 amide bonds. The third-order valence-corrected chi connectivity index (χ3v) is 3.40. The highest BCUT2D eigenvalue weighted by molar-refractivity contribution is 6.32. The van der Waals surface area contributed by atoms with Crippen LogP contribution in [0.4, 0.5) is 8.78 Å². The Balaban J connectivity index is 0.00000312. The van der Waals surface area contributed by atoms with Crippen LogP contribution in [0, 0.1) is 11.6 Å². The molecule has 0 fully saturated rings. The van der Waals surface area contributed by atoms with E-state index in [1.54, 1.807) is 0 Å². The smallest absolute Gasteiger partial charge is 0.402 e. The molecule has 0 aliphatic rings. The van der Waals surface area contributed by atoms with Gasteiger partial charge in [0.25, 0.3) is 0 Å². The molecule has 8 nitrogen and oxygen atoms in total. The van der Waals surface area contributed by atoms with E-state index in [2.05, 4.69) is 20.2 Å². The van der Waals surface area contributed by atoms with Gasteiger partial charge in [0.05, 0.1) is 12.6 Å². The Morgan fingerprint density at radius 3 is 2.76 bits per heavy atom. The number of hydrogen-bond acceptors (Lipinski definition) is 7. The number of halogens is 3. The lowest BCUT2D eigenvalue weighted by Gasteiger charge is -2.12. The van der Waals surface area contributed by atoms with Crippen LogP contribution in [0.5, 0.6) is 0 Å². The molecule has 0 radical (unpaired) electrons. The van der Waals surface area contributed by atoms with Crippen molar-refractivity contribution in [2.75, 3.05) is 6.61 Å². The second-order valence-corrected chi connectivity index (χ2v) is 5.23. The average molecular weight is 378 g/mol. The van der Waals surface area contributed by atoms with Crippen molar-refractivity contribution in [1.82, 2.24) is 20.2 Å². The van der Waals surface area contributed by atoms with E-state index in [9.17, 15) is 8.78 Å². The predicted molar refractivity (Wildman–Crippen MR) is 87.4 cm³/mol. The summed E-state index contributed by atoms with van der Waals surface area (Å²) in [4.78, 5) is 0. The van der Waals surface area contributed by atoms with Crippen LogP contribution in [-0.2, 0) is 11.2 Å². The maximum Gasteiger partial charge on any atom is 0.633 e. The van der Waals surface area contributed by atoms with Gasteiger partial charge in [0.15, 0.2) is 5.82 Å². The fourth-order valence-electron chi connectivity index (χ4n) is 2.20. The molecular weight excluding hydrogens is 358 g/mol. The molecule has 2 aromatic rings. The van der Waals surface area contributed by atoms with Gasteiger partial charge in [-0.25, -0.2) is 13.5 Å². The summed E-state index contributed by atoms with van der Waals surface area (Å²) in [5.41, 5.74) is 6.16. The van der Waals surface area contributed by atoms with Crippen LogP contribution in [0.3, 0.4) is 0 Å². The Morgan fingerprint density at radius 1 is 1.28 bits per heavy atom. The number of nitrogens with two attached hydrogens (primary N) is 1. The normalized spacial score (nSPS) is 11.9. The molecule has 25 heavy (non-hydrogen) atoms. The third kappa shape index (κ3) is 6.63. The largest absolute Gasteiger partial charge is 0.633 e. The second kappa shape index (κ2) is 10.4. The first-order valence-electron chi connectivity index (χ1n) is 7.40. The first-order valence-corrected chi connectivity index (χ1v) is 7.40. The van der Waals surface area contributed by atoms with Gasteiger partial charge in [-0.1, -0.05) is 0 Å². The molecule has 1 unspecified atom stereocenters. The highest BCUT2D eigenvalue weighted by atomic mass is 35.5. The molecule has 2 rings (SSSR count). The molecule has 1 aromatic carbocycles. The van der Waals surface area contributed by atoms with Crippen LogP contribution >= 0.6 is 12.4 Å². The first-order chi connectivity index (χ1) is 11.5. The lowest BCUT2D eigenvalue weighted by Crippen LogP contribution is -2.19. The van der Waals surface area contributed by atoms with Gasteiger partial charge < -0.3 is 20.4 Å². The van der Waals surface area contributed by atoms with E-state index in [0.29, 0.717) is 25.1 Å². The van der Waals surface area contributed by atoms with Crippen molar-refractivity contribution in [3.05, 3.63) is 41.2 Å². The van der Waals surface area contributed by atoms with Gasteiger partial charge >= 0.3 is 7.32 Å². The maximum absolute atomic E-state index is 13.7. The highest BCUT2D eigenvalue weighted by Crippen LogP contribution is 2.16. The van der Waals surface area contributed by atoms with E-state index in [4.69, 9.17) is 15.8 Å². The third-order valence-electron chi connectivity index (χ3n) is 3.40. The minimum atomic E-state index is -1.79. The molecule has 138 valence electrons. The summed E-state index contributed by atoms with van der Waals surface area (Å²) >= 11 is 0. The van der Waals surface area contributed by atoms with Crippen LogP contribution in [0.15, 0.2) is 18.2 Å². The van der Waals surface area contributed by atoms with Crippen molar-refractivity contribution in [2.24, 2.45) is 5.73 Å². The van der Waals surface area contributed by atoms with Gasteiger partial charge in [0, 0.05) is 12.2 Å². The summed E-state index contributed by atoms with van der Waals surface area (Å²) in [6.07, 6.45) is 1.75. The fourth-order valence-corrected chi connectivity index (χ4v) is 2.20. The molecule has 0 saturated heterocycles. The zero-order valence-corrected chi connectivity index (χ0v) is 14.1. The molecule has 0 spiro atoms. The van der Waals surface area contributed by atoms with Crippen molar-refractivity contribution in [3.63, 3.8) is 0 Å². The molecule has 1 aromatic heterocycles. The number of hydrogen-bond donors (Lipinski definition) is 3. The zero-order chi connectivity index (χ0) is 17.5. The van der Waals surface area contributed by atoms with Crippen LogP contribution in [0.25, 0.3) is 0 Å². The molecule has 4 N–H and O–H groups in total. The summed E-state index contributed by atoms with van der Waals surface area (Å²) in [6.45, 7) is 0.156. The van der Waals surface area contributed by atoms with Gasteiger partial charge in [-0.3, -0.25) is 0 Å². The standard InChI is InChI=1S/C13H18BF2N5O3.ClH/c15-10-4-5-11(16)9(7-10)8-21-13(18-19-20-21)12(17)3-1-2-6-24-14(22)23;/h4-5,7,12,22-23H,1-3,6,8,17H2;1H. The van der Waals surface area contributed by atoms with E-state index in [0.717, 1.165) is 18.2 Å². The Hall–Kier alpha value is -1.66. The predicted octanol–water partition coefficient (Wildman–Crippen LogP) is 0.578. The summed E-state index contributed by atoms with van der Waals surface area (Å²) in [5, 5.41) is 28.2. The maximum atomic E-state index is 13.7. The molecule has 1 heterocycles. The van der Waals surface area contributed by atoms with Crippen molar-refractivity contribution in [2.45, 2.75) is 31.8 Å². The molecule has 0 saturated carbocycles. The fraction of sp³-hybridized carbons (Fsp3) is 0.462. The Kier molecular flexibility index (Phi) is 8.86. The number of benzene rings is 1. The Bertz CT molecular complexity index is 664. The topological polar surface area (TPSA) is 119 Å². The molecule has 1 atom stereocenters. The molecule has 0 aliphatic heterocycles. The number of rotatable bonds is 9. The molecule has 12 heteroatoms. The highest BCUT2D eigenvalue weighted by Gasteiger charge is 2.17. The van der Waals surface area contributed by atoms with Gasteiger partial charge in [-0.2, -0.15) is 0 Å². The number of tetrazole rings is 1. The van der Waals surface area contributed by atoms with E-state index >= 15 is 0 Å². The van der Waals surface area contributed by atoms with Crippen molar-refractivity contribution < 1.29 is 23.5 Å². The lowest BCUT2D eigenvalue weighted by atomic mass is 10.1. The van der Waals surface area contributed by atoms with Gasteiger partial charge in [-0.15, -0.1) is 17.5 Å². The lowest BCUT2D eigenvalue weighted by molar-refractivity contribution is 0.181. The summed E-state index contributed by atoms with van der Waals surface area (Å²) < 4.78 is 32.9. The first kappa shape index (κ1) is 21.4. The van der Waals surface area contributed by atoms with E-state index in [1.807, 2.05) is 0 Å². The number of nitrogens with zero attached hydrogens (tertiary/aromatic N) is 4. The Morgan fingerprint density at radius 2 is 2.04 bits per heavy atom. The monoisotopic (exact) mass is 377 g/mol. The van der Waals surface area contributed by atoms with Gasteiger partial charge in [0.1, 0.15) is 11.6 Å². The van der Waals surface area contributed by atoms with Gasteiger partial charge in [-0.05, 0) is 47.9 Å². The molecule has 0 bridgehead atoms. The van der Waals surface area contributed by atoms with Crippen LogP contribution in [-0.4, -0.2) is 44.2 Å². The minimum absolute atomic E-state index is 0. The Labute approximate surface area is 149 Å². The van der Waals surface area contributed by atoms with Crippen molar-refractivity contribution in [1.29, 1.82) is 0 Å². The molecule has 0 aliphatic carbocycles. The van der Waals surface area contributed by atoms with E-state index in [-0.39, 0.29) is 31.1 Å². The van der Waals surface area contributed by atoms with Crippen LogP contribution < -0.4 is 5.73 Å². The van der Waals surface area contributed by atoms with Crippen LogP contribution in [0.2, 0.25) is 0 Å². The summed E-state index contributed by atoms with van der Waals surface area (Å²) in [6, 6.07) is 2.68. The summed E-state index contributed by atoms with van der Waals surface area (Å²) in [5.74, 6) is -0.732. The van der Waals surface area contributed by atoms with Crippen molar-refractivity contribution >= 4 is 19.7 Å². The quantitative estimate of drug-likeness (QED) is 0.432. The average Bonchev–Trinajstić information content (AvgIpc) is 2.98. The van der Waals surface area contributed by atoms with Crippen LogP contribution in [0.1, 0.15) is 36.7 Å². The zero-order valence-electron chi connectivity index (χ0n) is 13.3. The van der Waals surface area contributed by atoms with Gasteiger partial charge in [0.2, 0.25) is 0 Å².